The first kappa shape index (κ1) is 15.8. The van der Waals surface area contributed by atoms with Crippen LogP contribution in [0.4, 0.5) is 13.2 Å². The van der Waals surface area contributed by atoms with Crippen molar-refractivity contribution in [3.63, 3.8) is 0 Å². The quantitative estimate of drug-likeness (QED) is 0.391. The highest BCUT2D eigenvalue weighted by Crippen LogP contribution is 2.42. The number of alkyl halides is 3. The smallest absolute Gasteiger partial charge is 0.454 e. The Balaban J connectivity index is 2.02. The minimum Gasteiger partial charge on any atom is -0.454 e. The van der Waals surface area contributed by atoms with Crippen LogP contribution in [0, 0.1) is 0 Å². The van der Waals surface area contributed by atoms with Crippen LogP contribution in [0.5, 0.6) is 17.4 Å². The number of nitrogens with zero attached hydrogens (tertiary/aromatic N) is 1. The van der Waals surface area contributed by atoms with E-state index in [9.17, 15) is 21.6 Å². The predicted molar refractivity (Wildman–Crippen MR) is 81.0 cm³/mol. The number of benzene rings is 2. The largest absolute Gasteiger partial charge is 0.534 e. The minimum atomic E-state index is -5.86. The maximum atomic E-state index is 12.7. The molecule has 6 nitrogen and oxygen atoms in total. The lowest BCUT2D eigenvalue weighted by molar-refractivity contribution is -0.0500. The number of fused-ring (bicyclic) bond motifs is 4. The van der Waals surface area contributed by atoms with E-state index in [0.29, 0.717) is 16.5 Å². The Hall–Kier alpha value is -2.75. The normalized spacial score (nSPS) is 14.2. The number of para-hydroxylation sites is 1. The first-order valence-electron chi connectivity index (χ1n) is 6.89. The first-order valence-corrected chi connectivity index (χ1v) is 8.30. The fourth-order valence-electron chi connectivity index (χ4n) is 2.52. The van der Waals surface area contributed by atoms with E-state index in [0.717, 1.165) is 0 Å². The van der Waals surface area contributed by atoms with Crippen molar-refractivity contribution in [1.29, 1.82) is 0 Å². The molecule has 1 aliphatic heterocycles. The maximum Gasteiger partial charge on any atom is 0.534 e. The highest BCUT2D eigenvalue weighted by atomic mass is 32.2. The number of hydrogen-bond acceptors (Lipinski definition) is 6. The van der Waals surface area contributed by atoms with Gasteiger partial charge in [0.15, 0.2) is 11.5 Å². The average Bonchev–Trinajstić information content (AvgIpc) is 2.99. The molecule has 0 aliphatic carbocycles. The summed E-state index contributed by atoms with van der Waals surface area (Å²) in [6.45, 7) is -0.0476. The summed E-state index contributed by atoms with van der Waals surface area (Å²) in [6, 6.07) is 9.48. The van der Waals surface area contributed by atoms with Gasteiger partial charge in [0.1, 0.15) is 0 Å². The molecule has 0 amide bonds. The van der Waals surface area contributed by atoms with Crippen LogP contribution in [0.3, 0.4) is 0 Å². The first-order chi connectivity index (χ1) is 11.8. The molecule has 25 heavy (non-hydrogen) atoms. The third-order valence-corrected chi connectivity index (χ3v) is 4.58. The molecule has 0 saturated carbocycles. The molecule has 0 radical (unpaired) electrons. The maximum absolute atomic E-state index is 12.7. The van der Waals surface area contributed by atoms with E-state index in [1.165, 1.54) is 12.1 Å². The second kappa shape index (κ2) is 5.12. The fraction of sp³-hybridized carbons (Fsp3) is 0.133. The molecule has 0 bridgehead atoms. The summed E-state index contributed by atoms with van der Waals surface area (Å²) in [5.74, 6) is -0.0170. The van der Waals surface area contributed by atoms with Crippen LogP contribution in [0.25, 0.3) is 21.7 Å². The second-order valence-corrected chi connectivity index (χ2v) is 6.71. The van der Waals surface area contributed by atoms with Crippen LogP contribution in [0.1, 0.15) is 0 Å². The lowest BCUT2D eigenvalue weighted by Gasteiger charge is -2.12. The molecule has 0 N–H and O–H groups in total. The third kappa shape index (κ3) is 2.49. The number of rotatable bonds is 2. The minimum absolute atomic E-state index is 0.0476. The van der Waals surface area contributed by atoms with Gasteiger partial charge in [0.2, 0.25) is 12.7 Å². The highest BCUT2D eigenvalue weighted by molar-refractivity contribution is 7.88. The van der Waals surface area contributed by atoms with Crippen LogP contribution in [0.2, 0.25) is 0 Å². The van der Waals surface area contributed by atoms with Crippen molar-refractivity contribution in [3.8, 4) is 17.4 Å². The van der Waals surface area contributed by atoms with E-state index in [1.807, 2.05) is 0 Å². The zero-order valence-electron chi connectivity index (χ0n) is 12.2. The molecule has 0 atom stereocenters. The van der Waals surface area contributed by atoms with Gasteiger partial charge in [-0.3, -0.25) is 0 Å². The van der Waals surface area contributed by atoms with Crippen molar-refractivity contribution in [2.24, 2.45) is 0 Å². The second-order valence-electron chi connectivity index (χ2n) is 5.17. The number of pyridine rings is 1. The zero-order chi connectivity index (χ0) is 17.8. The number of ether oxygens (including phenoxy) is 2. The Morgan fingerprint density at radius 1 is 1.00 bits per heavy atom. The molecule has 130 valence electrons. The molecule has 10 heteroatoms. The van der Waals surface area contributed by atoms with Gasteiger partial charge in [-0.2, -0.15) is 21.6 Å². The van der Waals surface area contributed by atoms with E-state index < -0.39 is 21.5 Å². The van der Waals surface area contributed by atoms with Gasteiger partial charge in [-0.05, 0) is 18.2 Å². The van der Waals surface area contributed by atoms with Crippen molar-refractivity contribution in [2.75, 3.05) is 6.79 Å². The van der Waals surface area contributed by atoms with E-state index in [-0.39, 0.29) is 23.4 Å². The van der Waals surface area contributed by atoms with Gasteiger partial charge >= 0.3 is 15.6 Å². The summed E-state index contributed by atoms with van der Waals surface area (Å²) in [7, 11) is -5.86. The fourth-order valence-corrected chi connectivity index (χ4v) is 2.95. The Bertz CT molecular complexity index is 1110. The number of hydrogen-bond donors (Lipinski definition) is 0. The molecular formula is C15H8F3NO5S. The SMILES string of the molecule is O=S(=O)(Oc1nc2ccccc2c2cc3c(cc12)OCO3)C(F)(F)F. The van der Waals surface area contributed by atoms with Gasteiger partial charge in [-0.1, -0.05) is 18.2 Å². The molecule has 0 fully saturated rings. The van der Waals surface area contributed by atoms with E-state index in [4.69, 9.17) is 9.47 Å². The van der Waals surface area contributed by atoms with Gasteiger partial charge in [0, 0.05) is 16.2 Å². The third-order valence-electron chi connectivity index (χ3n) is 3.63. The average molecular weight is 371 g/mol. The monoisotopic (exact) mass is 371 g/mol. The molecular weight excluding hydrogens is 363 g/mol. The number of aromatic nitrogens is 1. The van der Waals surface area contributed by atoms with Gasteiger partial charge in [-0.15, -0.1) is 0 Å². The summed E-state index contributed by atoms with van der Waals surface area (Å²) < 4.78 is 75.5. The molecule has 4 rings (SSSR count). The van der Waals surface area contributed by atoms with Crippen molar-refractivity contribution >= 4 is 31.8 Å². The summed E-state index contributed by atoms with van der Waals surface area (Å²) in [5, 5.41) is 1.10. The predicted octanol–water partition coefficient (Wildman–Crippen LogP) is 3.35. The Morgan fingerprint density at radius 2 is 1.64 bits per heavy atom. The summed E-state index contributed by atoms with van der Waals surface area (Å²) in [5.41, 5.74) is -5.29. The van der Waals surface area contributed by atoms with Crippen molar-refractivity contribution in [2.45, 2.75) is 5.51 Å². The lowest BCUT2D eigenvalue weighted by Crippen LogP contribution is -2.28. The molecule has 2 aromatic carbocycles. The van der Waals surface area contributed by atoms with Gasteiger partial charge in [0.05, 0.1) is 5.52 Å². The van der Waals surface area contributed by atoms with Crippen molar-refractivity contribution in [3.05, 3.63) is 36.4 Å². The van der Waals surface area contributed by atoms with Gasteiger partial charge < -0.3 is 13.7 Å². The Morgan fingerprint density at radius 3 is 2.32 bits per heavy atom. The van der Waals surface area contributed by atoms with Crippen LogP contribution < -0.4 is 13.7 Å². The lowest BCUT2D eigenvalue weighted by atomic mass is 10.1. The summed E-state index contributed by atoms with van der Waals surface area (Å²) in [4.78, 5) is 3.93. The topological polar surface area (TPSA) is 74.7 Å². The van der Waals surface area contributed by atoms with Crippen molar-refractivity contribution < 1.29 is 35.2 Å². The van der Waals surface area contributed by atoms with E-state index >= 15 is 0 Å². The molecule has 0 unspecified atom stereocenters. The van der Waals surface area contributed by atoms with Crippen LogP contribution >= 0.6 is 0 Å². The molecule has 1 aromatic heterocycles. The molecule has 2 heterocycles. The zero-order valence-corrected chi connectivity index (χ0v) is 13.0. The standard InChI is InChI=1S/C15H8F3NO5S/c16-15(17,18)25(20,21)24-14-10-6-13-12(22-7-23-13)5-9(10)8-3-1-2-4-11(8)19-14/h1-6H,7H2. The molecule has 3 aromatic rings. The number of halogens is 3. The highest BCUT2D eigenvalue weighted by Gasteiger charge is 2.49. The van der Waals surface area contributed by atoms with Crippen LogP contribution in [0.15, 0.2) is 36.4 Å². The van der Waals surface area contributed by atoms with E-state index in [2.05, 4.69) is 9.17 Å². The van der Waals surface area contributed by atoms with Gasteiger partial charge in [0.25, 0.3) is 0 Å². The Kier molecular flexibility index (Phi) is 3.23. The summed E-state index contributed by atoms with van der Waals surface area (Å²) in [6.07, 6.45) is 0. The van der Waals surface area contributed by atoms with Crippen LogP contribution in [-0.4, -0.2) is 25.7 Å². The van der Waals surface area contributed by atoms with Crippen LogP contribution in [-0.2, 0) is 10.1 Å². The summed E-state index contributed by atoms with van der Waals surface area (Å²) >= 11 is 0. The van der Waals surface area contributed by atoms with Gasteiger partial charge in [-0.25, -0.2) is 4.98 Å². The molecule has 1 aliphatic rings. The molecule has 0 spiro atoms. The van der Waals surface area contributed by atoms with E-state index in [1.54, 1.807) is 24.3 Å². The van der Waals surface area contributed by atoms with Crippen molar-refractivity contribution in [1.82, 2.24) is 4.98 Å². The Labute approximate surface area is 138 Å². The molecule has 0 saturated heterocycles.